The number of amides is 1. The predicted molar refractivity (Wildman–Crippen MR) is 313 cm³/mol. The van der Waals surface area contributed by atoms with E-state index in [1.807, 2.05) is 6.08 Å². The number of unbranched alkanes of at least 4 members (excludes halogenated alkanes) is 26. The number of rotatable bonds is 49. The van der Waals surface area contributed by atoms with E-state index in [1.54, 1.807) is 6.08 Å². The van der Waals surface area contributed by atoms with Crippen molar-refractivity contribution >= 4 is 5.91 Å². The fourth-order valence-corrected chi connectivity index (χ4v) is 9.87. The normalized spacial score (nSPS) is 25.1. The average Bonchev–Trinajstić information content (AvgIpc) is 3.48. The van der Waals surface area contributed by atoms with Gasteiger partial charge in [-0.1, -0.05) is 222 Å². The molecule has 14 nitrogen and oxygen atoms in total. The Balaban J connectivity index is 1.76. The Kier molecular flexibility index (Phi) is 45.0. The van der Waals surface area contributed by atoms with Gasteiger partial charge >= 0.3 is 0 Å². The van der Waals surface area contributed by atoms with Gasteiger partial charge in [-0.2, -0.15) is 0 Å². The van der Waals surface area contributed by atoms with Gasteiger partial charge in [-0.25, -0.2) is 0 Å². The van der Waals surface area contributed by atoms with Gasteiger partial charge < -0.3 is 65.1 Å². The molecule has 0 bridgehead atoms. The number of aliphatic hydroxyl groups is 8. The van der Waals surface area contributed by atoms with Crippen molar-refractivity contribution in [1.29, 1.82) is 0 Å². The number of ether oxygens (including phenoxy) is 4. The van der Waals surface area contributed by atoms with Crippen molar-refractivity contribution in [3.63, 3.8) is 0 Å². The van der Waals surface area contributed by atoms with Crippen LogP contribution in [0.5, 0.6) is 0 Å². The zero-order valence-electron chi connectivity index (χ0n) is 48.6. The van der Waals surface area contributed by atoms with Gasteiger partial charge in [0.25, 0.3) is 0 Å². The van der Waals surface area contributed by atoms with Gasteiger partial charge in [0.15, 0.2) is 12.6 Å². The molecule has 0 aromatic rings. The number of nitrogens with one attached hydrogen (secondary N) is 1. The highest BCUT2D eigenvalue weighted by Crippen LogP contribution is 2.30. The van der Waals surface area contributed by atoms with Gasteiger partial charge in [0, 0.05) is 6.42 Å². The third kappa shape index (κ3) is 34.0. The molecule has 0 aliphatic carbocycles. The lowest BCUT2D eigenvalue weighted by Crippen LogP contribution is -2.65. The molecule has 9 N–H and O–H groups in total. The molecule has 2 aliphatic rings. The first-order valence-electron chi connectivity index (χ1n) is 31.2. The van der Waals surface area contributed by atoms with Crippen molar-refractivity contribution in [2.75, 3.05) is 19.8 Å². The van der Waals surface area contributed by atoms with Crippen molar-refractivity contribution in [3.05, 3.63) is 72.9 Å². The number of aliphatic hydroxyl groups excluding tert-OH is 8. The molecule has 12 unspecified atom stereocenters. The second kappa shape index (κ2) is 49.1. The summed E-state index contributed by atoms with van der Waals surface area (Å²) in [5.41, 5.74) is 0. The Hall–Kier alpha value is -2.57. The Morgan fingerprint density at radius 1 is 0.474 bits per heavy atom. The molecule has 2 saturated heterocycles. The first-order valence-corrected chi connectivity index (χ1v) is 31.2. The molecule has 0 spiro atoms. The maximum Gasteiger partial charge on any atom is 0.220 e. The van der Waals surface area contributed by atoms with Crippen LogP contribution in [0, 0.1) is 0 Å². The molecule has 14 heteroatoms. The lowest BCUT2D eigenvalue weighted by molar-refractivity contribution is -0.359. The smallest absolute Gasteiger partial charge is 0.220 e. The van der Waals surface area contributed by atoms with E-state index < -0.39 is 86.8 Å². The summed E-state index contributed by atoms with van der Waals surface area (Å²) in [6, 6.07) is -0.947. The number of allylic oxidation sites excluding steroid dienone is 11. The Morgan fingerprint density at radius 2 is 0.897 bits per heavy atom. The maximum atomic E-state index is 13.2. The second-order valence-corrected chi connectivity index (χ2v) is 21.8. The van der Waals surface area contributed by atoms with Crippen molar-refractivity contribution < 1.29 is 64.6 Å². The van der Waals surface area contributed by atoms with Gasteiger partial charge in [-0.15, -0.1) is 0 Å². The number of carbonyl (C=O) groups is 1. The number of hydrogen-bond donors (Lipinski definition) is 9. The predicted octanol–water partition coefficient (Wildman–Crippen LogP) is 11.1. The van der Waals surface area contributed by atoms with Crippen molar-refractivity contribution in [2.24, 2.45) is 0 Å². The summed E-state index contributed by atoms with van der Waals surface area (Å²) in [4.78, 5) is 13.2. The lowest BCUT2D eigenvalue weighted by atomic mass is 9.97. The van der Waals surface area contributed by atoms with E-state index in [0.29, 0.717) is 12.8 Å². The van der Waals surface area contributed by atoms with Gasteiger partial charge in [0.05, 0.1) is 32.0 Å². The largest absolute Gasteiger partial charge is 0.394 e. The molecule has 0 saturated carbocycles. The van der Waals surface area contributed by atoms with Crippen molar-refractivity contribution in [3.8, 4) is 0 Å². The Bertz CT molecular complexity index is 1580. The minimum Gasteiger partial charge on any atom is -0.394 e. The molecule has 1 amide bonds. The van der Waals surface area contributed by atoms with Crippen LogP contribution >= 0.6 is 0 Å². The second-order valence-electron chi connectivity index (χ2n) is 21.8. The minimum absolute atomic E-state index is 0.255. The van der Waals surface area contributed by atoms with Gasteiger partial charge in [-0.05, 0) is 77.0 Å². The number of hydrogen-bond acceptors (Lipinski definition) is 13. The molecule has 2 heterocycles. The van der Waals surface area contributed by atoms with E-state index in [1.165, 1.54) is 116 Å². The highest BCUT2D eigenvalue weighted by molar-refractivity contribution is 5.76. The summed E-state index contributed by atoms with van der Waals surface area (Å²) < 4.78 is 22.8. The molecule has 0 aromatic carbocycles. The first-order chi connectivity index (χ1) is 38.1. The molecule has 452 valence electrons. The standard InChI is InChI=1S/C64H113NO13/c1-3-5-7-9-11-13-15-17-19-21-22-23-24-25-26-27-28-29-30-32-33-35-37-39-41-43-45-47-53(68)52(65-56(69)48-46-44-42-40-38-36-34-31-20-18-16-14-12-10-8-6-4-2)51-75-63-61(74)59(72)62(55(50-67)77-63)78-64-60(73)58(71)57(70)54(49-66)76-64/h6,8,12,14,18,20,30,32,37,39,45,47,52-55,57-64,66-68,70-74H,3-5,7,9-11,13,15-17,19,21-29,31,33-36,38,40-44,46,48-51H2,1-2H3,(H,65,69)/b8-6-,14-12-,20-18-,32-30+,39-37+,47-45+. The summed E-state index contributed by atoms with van der Waals surface area (Å²) in [7, 11) is 0. The minimum atomic E-state index is -1.80. The van der Waals surface area contributed by atoms with E-state index in [-0.39, 0.29) is 18.9 Å². The fraction of sp³-hybridized carbons (Fsp3) is 0.797. The molecule has 0 radical (unpaired) electrons. The summed E-state index contributed by atoms with van der Waals surface area (Å²) in [5.74, 6) is -0.265. The van der Waals surface area contributed by atoms with Crippen LogP contribution in [0.3, 0.4) is 0 Å². The third-order valence-corrected chi connectivity index (χ3v) is 14.9. The van der Waals surface area contributed by atoms with E-state index in [0.717, 1.165) is 83.5 Å². The molecule has 2 fully saturated rings. The lowest BCUT2D eigenvalue weighted by Gasteiger charge is -2.46. The molecule has 0 aromatic heterocycles. The number of carbonyl (C=O) groups excluding carboxylic acids is 1. The zero-order chi connectivity index (χ0) is 56.7. The summed E-state index contributed by atoms with van der Waals surface area (Å²) in [5, 5.41) is 87.1. The summed E-state index contributed by atoms with van der Waals surface area (Å²) in [6.07, 6.45) is 48.1. The van der Waals surface area contributed by atoms with Crippen molar-refractivity contribution in [2.45, 2.75) is 306 Å². The fourth-order valence-electron chi connectivity index (χ4n) is 9.87. The Labute approximate surface area is 472 Å². The quantitative estimate of drug-likeness (QED) is 0.0204. The van der Waals surface area contributed by atoms with E-state index in [9.17, 15) is 45.6 Å². The van der Waals surface area contributed by atoms with Crippen LogP contribution in [0.1, 0.15) is 232 Å². The zero-order valence-corrected chi connectivity index (χ0v) is 48.6. The molecular formula is C64H113NO13. The molecule has 2 rings (SSSR count). The summed E-state index contributed by atoms with van der Waals surface area (Å²) in [6.45, 7) is 2.66. The first kappa shape index (κ1) is 71.5. The Morgan fingerprint density at radius 3 is 1.41 bits per heavy atom. The third-order valence-electron chi connectivity index (χ3n) is 14.9. The topological polar surface area (TPSA) is 228 Å². The van der Waals surface area contributed by atoms with Crippen molar-refractivity contribution in [1.82, 2.24) is 5.32 Å². The maximum absolute atomic E-state index is 13.2. The van der Waals surface area contributed by atoms with E-state index in [2.05, 4.69) is 79.9 Å². The molecule has 78 heavy (non-hydrogen) atoms. The monoisotopic (exact) mass is 1100 g/mol. The molecule has 2 aliphatic heterocycles. The highest BCUT2D eigenvalue weighted by Gasteiger charge is 2.51. The van der Waals surface area contributed by atoms with Crippen LogP contribution < -0.4 is 5.32 Å². The molecule has 12 atom stereocenters. The highest BCUT2D eigenvalue weighted by atomic mass is 16.7. The summed E-state index contributed by atoms with van der Waals surface area (Å²) >= 11 is 0. The van der Waals surface area contributed by atoms with Crippen LogP contribution in [-0.4, -0.2) is 140 Å². The van der Waals surface area contributed by atoms with Crippen LogP contribution in [0.4, 0.5) is 0 Å². The van der Waals surface area contributed by atoms with Gasteiger partial charge in [0.1, 0.15) is 48.8 Å². The van der Waals surface area contributed by atoms with Gasteiger partial charge in [0.2, 0.25) is 5.91 Å². The van der Waals surface area contributed by atoms with Crippen LogP contribution in [0.2, 0.25) is 0 Å². The van der Waals surface area contributed by atoms with E-state index >= 15 is 0 Å². The van der Waals surface area contributed by atoms with Crippen LogP contribution in [0.25, 0.3) is 0 Å². The van der Waals surface area contributed by atoms with E-state index in [4.69, 9.17) is 18.9 Å². The van der Waals surface area contributed by atoms with Crippen LogP contribution in [-0.2, 0) is 23.7 Å². The SMILES string of the molecule is CC/C=C\C/C=C\C/C=C\CCCCCCCCCC(=O)NC(COC1OC(CO)C(OC2OC(CO)C(O)C(O)C2O)C(O)C1O)C(O)/C=C/CC/C=C/CC/C=C/CCCCCCCCCCCCCCCCCCC. The van der Waals surface area contributed by atoms with Crippen LogP contribution in [0.15, 0.2) is 72.9 Å². The van der Waals surface area contributed by atoms with Gasteiger partial charge in [-0.3, -0.25) is 4.79 Å². The molecular weight excluding hydrogens is 991 g/mol. The average molecular weight is 1100 g/mol.